The van der Waals surface area contributed by atoms with Crippen LogP contribution in [-0.4, -0.2) is 10.7 Å². The highest BCUT2D eigenvalue weighted by atomic mass is 79.9. The number of benzene rings is 1. The van der Waals surface area contributed by atoms with Gasteiger partial charge in [-0.05, 0) is 30.7 Å². The number of nitrogens with zero attached hydrogens (tertiary/aromatic N) is 1. The molecule has 1 aliphatic rings. The van der Waals surface area contributed by atoms with E-state index in [1.165, 1.54) is 29.2 Å². The van der Waals surface area contributed by atoms with E-state index in [0.717, 1.165) is 10.2 Å². The van der Waals surface area contributed by atoms with Gasteiger partial charge >= 0.3 is 0 Å². The zero-order chi connectivity index (χ0) is 11.7. The molecular formula is C13H12BrNS2. The largest absolute Gasteiger partial charge is 0.240 e. The molecule has 0 aliphatic carbocycles. The average molecular weight is 326 g/mol. The fourth-order valence-corrected chi connectivity index (χ4v) is 4.75. The highest BCUT2D eigenvalue weighted by Crippen LogP contribution is 2.42. The molecular weight excluding hydrogens is 314 g/mol. The van der Waals surface area contributed by atoms with E-state index in [9.17, 15) is 0 Å². The molecule has 2 aromatic rings. The van der Waals surface area contributed by atoms with Crippen LogP contribution in [0.2, 0.25) is 0 Å². The number of aromatic nitrogens is 1. The van der Waals surface area contributed by atoms with Gasteiger partial charge in [0, 0.05) is 15.4 Å². The first-order chi connectivity index (χ1) is 8.33. The van der Waals surface area contributed by atoms with Crippen molar-refractivity contribution in [3.8, 4) is 11.3 Å². The molecule has 1 atom stereocenters. The van der Waals surface area contributed by atoms with Crippen molar-refractivity contribution in [1.29, 1.82) is 0 Å². The van der Waals surface area contributed by atoms with Crippen LogP contribution in [-0.2, 0) is 0 Å². The molecule has 17 heavy (non-hydrogen) atoms. The lowest BCUT2D eigenvalue weighted by Gasteiger charge is -2.02. The van der Waals surface area contributed by atoms with E-state index in [1.807, 2.05) is 17.8 Å². The summed E-state index contributed by atoms with van der Waals surface area (Å²) in [4.78, 5) is 4.78. The maximum Gasteiger partial charge on any atom is 0.106 e. The third-order valence-corrected chi connectivity index (χ3v) is 5.83. The van der Waals surface area contributed by atoms with Crippen LogP contribution in [0.5, 0.6) is 0 Å². The van der Waals surface area contributed by atoms with E-state index in [-0.39, 0.29) is 0 Å². The first-order valence-corrected chi connectivity index (χ1v) is 8.38. The van der Waals surface area contributed by atoms with Crippen LogP contribution in [0.15, 0.2) is 34.1 Å². The molecule has 1 unspecified atom stereocenters. The number of halogens is 1. The minimum Gasteiger partial charge on any atom is -0.240 e. The molecule has 1 aliphatic heterocycles. The van der Waals surface area contributed by atoms with Crippen molar-refractivity contribution < 1.29 is 0 Å². The molecule has 0 N–H and O–H groups in total. The van der Waals surface area contributed by atoms with Crippen molar-refractivity contribution in [1.82, 2.24) is 4.98 Å². The third kappa shape index (κ3) is 2.59. The van der Waals surface area contributed by atoms with Gasteiger partial charge in [-0.1, -0.05) is 28.1 Å². The summed E-state index contributed by atoms with van der Waals surface area (Å²) in [6.07, 6.45) is 2.62. The molecule has 0 spiro atoms. The van der Waals surface area contributed by atoms with Crippen LogP contribution in [0.25, 0.3) is 11.3 Å². The molecule has 1 fully saturated rings. The zero-order valence-electron chi connectivity index (χ0n) is 9.23. The standard InChI is InChI=1S/C13H12BrNS2/c14-10-4-1-3-9(7-10)11-8-17-13(15-11)12-5-2-6-16-12/h1,3-4,7-8,12H,2,5-6H2. The fraction of sp³-hybridized carbons (Fsp3) is 0.308. The summed E-state index contributed by atoms with van der Waals surface area (Å²) >= 11 is 7.35. The van der Waals surface area contributed by atoms with Crippen molar-refractivity contribution in [2.45, 2.75) is 18.1 Å². The van der Waals surface area contributed by atoms with Gasteiger partial charge in [-0.2, -0.15) is 11.8 Å². The molecule has 0 bridgehead atoms. The van der Waals surface area contributed by atoms with Gasteiger partial charge in [0.1, 0.15) is 5.01 Å². The monoisotopic (exact) mass is 325 g/mol. The Morgan fingerprint density at radius 2 is 2.29 bits per heavy atom. The van der Waals surface area contributed by atoms with Crippen molar-refractivity contribution in [2.24, 2.45) is 0 Å². The van der Waals surface area contributed by atoms with Gasteiger partial charge in [0.05, 0.1) is 10.9 Å². The van der Waals surface area contributed by atoms with Gasteiger partial charge in [-0.25, -0.2) is 4.98 Å². The highest BCUT2D eigenvalue weighted by molar-refractivity contribution is 9.10. The van der Waals surface area contributed by atoms with Gasteiger partial charge in [-0.15, -0.1) is 11.3 Å². The molecule has 0 radical (unpaired) electrons. The minimum absolute atomic E-state index is 0.640. The molecule has 1 aromatic heterocycles. The Morgan fingerprint density at radius 1 is 1.35 bits per heavy atom. The minimum atomic E-state index is 0.640. The number of rotatable bonds is 2. The Kier molecular flexibility index (Phi) is 3.54. The second-order valence-electron chi connectivity index (χ2n) is 4.08. The molecule has 4 heteroatoms. The normalized spacial score (nSPS) is 19.7. The number of thioether (sulfide) groups is 1. The van der Waals surface area contributed by atoms with Crippen molar-refractivity contribution >= 4 is 39.0 Å². The van der Waals surface area contributed by atoms with Gasteiger partial charge in [0.15, 0.2) is 0 Å². The fourth-order valence-electron chi connectivity index (χ4n) is 1.99. The lowest BCUT2D eigenvalue weighted by Crippen LogP contribution is -1.87. The predicted molar refractivity (Wildman–Crippen MR) is 79.7 cm³/mol. The topological polar surface area (TPSA) is 12.9 Å². The Bertz CT molecular complexity index is 518. The maximum atomic E-state index is 4.78. The van der Waals surface area contributed by atoms with Crippen molar-refractivity contribution in [2.75, 3.05) is 5.75 Å². The third-order valence-electron chi connectivity index (χ3n) is 2.85. The van der Waals surface area contributed by atoms with Crippen LogP contribution in [0, 0.1) is 0 Å². The van der Waals surface area contributed by atoms with E-state index in [0.29, 0.717) is 5.25 Å². The molecule has 1 saturated heterocycles. The SMILES string of the molecule is Brc1cccc(-c2csc(C3CCCS3)n2)c1. The number of hydrogen-bond acceptors (Lipinski definition) is 3. The summed E-state index contributed by atoms with van der Waals surface area (Å²) in [5.74, 6) is 1.29. The molecule has 0 amide bonds. The van der Waals surface area contributed by atoms with E-state index in [4.69, 9.17) is 4.98 Å². The summed E-state index contributed by atoms with van der Waals surface area (Å²) in [6, 6.07) is 8.35. The first-order valence-electron chi connectivity index (χ1n) is 5.66. The lowest BCUT2D eigenvalue weighted by atomic mass is 10.2. The van der Waals surface area contributed by atoms with Gasteiger partial charge in [0.25, 0.3) is 0 Å². The quantitative estimate of drug-likeness (QED) is 0.758. The molecule has 2 heterocycles. The van der Waals surface area contributed by atoms with E-state index >= 15 is 0 Å². The summed E-state index contributed by atoms with van der Waals surface area (Å²) in [7, 11) is 0. The summed E-state index contributed by atoms with van der Waals surface area (Å²) in [5.41, 5.74) is 2.31. The first kappa shape index (κ1) is 11.8. The second kappa shape index (κ2) is 5.12. The van der Waals surface area contributed by atoms with Gasteiger partial charge < -0.3 is 0 Å². The van der Waals surface area contributed by atoms with E-state index < -0.39 is 0 Å². The Hall–Kier alpha value is -0.320. The van der Waals surface area contributed by atoms with Crippen LogP contribution in [0.4, 0.5) is 0 Å². The second-order valence-corrected chi connectivity index (χ2v) is 7.20. The predicted octanol–water partition coefficient (Wildman–Crippen LogP) is 5.14. The summed E-state index contributed by atoms with van der Waals surface area (Å²) in [6.45, 7) is 0. The molecule has 1 nitrogen and oxygen atoms in total. The average Bonchev–Trinajstić information content (AvgIpc) is 3.00. The summed E-state index contributed by atoms with van der Waals surface area (Å²) < 4.78 is 1.11. The number of thiazole rings is 1. The van der Waals surface area contributed by atoms with Crippen LogP contribution >= 0.6 is 39.0 Å². The van der Waals surface area contributed by atoms with Gasteiger partial charge in [0.2, 0.25) is 0 Å². The van der Waals surface area contributed by atoms with Crippen molar-refractivity contribution in [3.05, 3.63) is 39.1 Å². The highest BCUT2D eigenvalue weighted by Gasteiger charge is 2.20. The van der Waals surface area contributed by atoms with Crippen LogP contribution in [0.3, 0.4) is 0 Å². The number of hydrogen-bond donors (Lipinski definition) is 0. The smallest absolute Gasteiger partial charge is 0.106 e. The van der Waals surface area contributed by atoms with Crippen LogP contribution in [0.1, 0.15) is 23.1 Å². The molecule has 1 aromatic carbocycles. The van der Waals surface area contributed by atoms with Gasteiger partial charge in [-0.3, -0.25) is 0 Å². The molecule has 3 rings (SSSR count). The zero-order valence-corrected chi connectivity index (χ0v) is 12.4. The summed E-state index contributed by atoms with van der Waals surface area (Å²) in [5, 5.41) is 4.11. The maximum absolute atomic E-state index is 4.78. The Balaban J connectivity index is 1.89. The van der Waals surface area contributed by atoms with E-state index in [2.05, 4.69) is 39.5 Å². The Morgan fingerprint density at radius 3 is 3.06 bits per heavy atom. The van der Waals surface area contributed by atoms with Crippen LogP contribution < -0.4 is 0 Å². The molecule has 88 valence electrons. The molecule has 0 saturated carbocycles. The van der Waals surface area contributed by atoms with Crippen molar-refractivity contribution in [3.63, 3.8) is 0 Å². The Labute approximate surface area is 118 Å². The lowest BCUT2D eigenvalue weighted by molar-refractivity contribution is 0.823. The van der Waals surface area contributed by atoms with E-state index in [1.54, 1.807) is 11.3 Å².